The van der Waals surface area contributed by atoms with Crippen molar-refractivity contribution in [3.8, 4) is 5.75 Å². The highest BCUT2D eigenvalue weighted by molar-refractivity contribution is 6.05. The van der Waals surface area contributed by atoms with Crippen LogP contribution in [0.5, 0.6) is 5.75 Å². The van der Waals surface area contributed by atoms with E-state index in [0.717, 1.165) is 22.9 Å². The second-order valence-electron chi connectivity index (χ2n) is 7.69. The van der Waals surface area contributed by atoms with Gasteiger partial charge < -0.3 is 19.9 Å². The summed E-state index contributed by atoms with van der Waals surface area (Å²) in [6, 6.07) is 1.07. The molecule has 210 valence electrons. The third-order valence-electron chi connectivity index (χ3n) is 5.42. The quantitative estimate of drug-likeness (QED) is 0.325. The predicted molar refractivity (Wildman–Crippen MR) is 140 cm³/mol. The zero-order chi connectivity index (χ0) is 29.6. The fraction of sp³-hybridized carbons (Fsp3) is 0.500. The first kappa shape index (κ1) is 34.9. The van der Waals surface area contributed by atoms with Gasteiger partial charge in [0.2, 0.25) is 5.43 Å². The summed E-state index contributed by atoms with van der Waals surface area (Å²) in [7, 11) is 6.11. The number of nitrogens with one attached hydrogen (secondary N) is 1. The van der Waals surface area contributed by atoms with Crippen LogP contribution in [0.3, 0.4) is 0 Å². The number of aromatic hydroxyl groups is 1. The number of carbonyl (C=O) groups is 2. The Morgan fingerprint density at radius 1 is 1.21 bits per heavy atom. The number of amides is 1. The van der Waals surface area contributed by atoms with Crippen molar-refractivity contribution < 1.29 is 32.3 Å². The number of alkyl halides is 2. The lowest BCUT2D eigenvalue weighted by Crippen LogP contribution is -2.39. The minimum atomic E-state index is -3.28. The van der Waals surface area contributed by atoms with Crippen LogP contribution in [-0.4, -0.2) is 60.7 Å². The van der Waals surface area contributed by atoms with Gasteiger partial charge in [-0.05, 0) is 26.1 Å². The van der Waals surface area contributed by atoms with E-state index in [0.29, 0.717) is 12.6 Å². The number of benzene rings is 1. The molecule has 1 aromatic carbocycles. The molecule has 1 aromatic heterocycles. The molecular weight excluding hydrogens is 505 g/mol. The molecule has 0 saturated carbocycles. The first-order valence-corrected chi connectivity index (χ1v) is 12.3. The zero-order valence-corrected chi connectivity index (χ0v) is 22.7. The van der Waals surface area contributed by atoms with E-state index in [1.54, 1.807) is 11.9 Å². The van der Waals surface area contributed by atoms with E-state index >= 15 is 0 Å². The molecule has 1 amide bonds. The van der Waals surface area contributed by atoms with Gasteiger partial charge in [-0.2, -0.15) is 0 Å². The smallest absolute Gasteiger partial charge is 0.269 e. The summed E-state index contributed by atoms with van der Waals surface area (Å²) in [6.07, 6.45) is 0.588. The standard InChI is InChI=1S/C21H21F4N3O4.2C2H6.CH3B/c1-27-6-2-5-21(24,25)17(10-27)28-9-14(18(30)19(31)16(28)11-29)20(32)26-8-12-3-4-13(22)7-15(12)23;3*1-2/h3-4,7,9,11,17,31H,2,5-6,8,10H2,1H3,(H,26,32);2*1-2H3;1H3. The van der Waals surface area contributed by atoms with Crippen molar-refractivity contribution in [2.75, 3.05) is 20.1 Å². The minimum Gasteiger partial charge on any atom is -0.503 e. The summed E-state index contributed by atoms with van der Waals surface area (Å²) in [5.41, 5.74) is -2.68. The van der Waals surface area contributed by atoms with Crippen molar-refractivity contribution in [2.24, 2.45) is 0 Å². The Labute approximate surface area is 222 Å². The van der Waals surface area contributed by atoms with Crippen molar-refractivity contribution in [2.45, 2.75) is 65.9 Å². The van der Waals surface area contributed by atoms with Gasteiger partial charge in [-0.25, -0.2) is 17.6 Å². The fourth-order valence-electron chi connectivity index (χ4n) is 3.67. The fourth-order valence-corrected chi connectivity index (χ4v) is 3.67. The molecule has 2 N–H and O–H groups in total. The van der Waals surface area contributed by atoms with Crippen LogP contribution in [0.25, 0.3) is 0 Å². The molecule has 0 bridgehead atoms. The highest BCUT2D eigenvalue weighted by Crippen LogP contribution is 2.37. The Bertz CT molecular complexity index is 1110. The van der Waals surface area contributed by atoms with Gasteiger partial charge in [0.05, 0.1) is 7.85 Å². The molecule has 1 saturated heterocycles. The van der Waals surface area contributed by atoms with Crippen LogP contribution >= 0.6 is 0 Å². The van der Waals surface area contributed by atoms with E-state index in [9.17, 15) is 37.1 Å². The second-order valence-corrected chi connectivity index (χ2v) is 7.69. The molecule has 0 spiro atoms. The van der Waals surface area contributed by atoms with Gasteiger partial charge in [0, 0.05) is 37.3 Å². The lowest BCUT2D eigenvalue weighted by Gasteiger charge is -2.30. The van der Waals surface area contributed by atoms with E-state index in [1.807, 2.05) is 27.7 Å². The van der Waals surface area contributed by atoms with Gasteiger partial charge in [0.15, 0.2) is 12.0 Å². The number of likely N-dealkylation sites (N-methyl/N-ethyl adjacent to an activating group) is 1. The molecule has 7 nitrogen and oxygen atoms in total. The number of carbonyl (C=O) groups excluding carboxylic acids is 2. The van der Waals surface area contributed by atoms with Gasteiger partial charge in [0.25, 0.3) is 11.8 Å². The summed E-state index contributed by atoms with van der Waals surface area (Å²) >= 11 is 0. The molecule has 1 atom stereocenters. The Kier molecular flexibility index (Phi) is 15.3. The van der Waals surface area contributed by atoms with Crippen molar-refractivity contribution >= 4 is 20.0 Å². The third-order valence-corrected chi connectivity index (χ3v) is 5.42. The average Bonchev–Trinajstić information content (AvgIpc) is 3.04. The van der Waals surface area contributed by atoms with Crippen LogP contribution in [0.1, 0.15) is 73.0 Å². The molecule has 1 unspecified atom stereocenters. The van der Waals surface area contributed by atoms with E-state index in [4.69, 9.17) is 0 Å². The maximum absolute atomic E-state index is 14.8. The number of aldehydes is 1. The zero-order valence-electron chi connectivity index (χ0n) is 22.7. The van der Waals surface area contributed by atoms with Gasteiger partial charge in [0.1, 0.15) is 28.9 Å². The molecule has 3 rings (SSSR count). The van der Waals surface area contributed by atoms with Crippen molar-refractivity contribution in [3.63, 3.8) is 0 Å². The summed E-state index contributed by atoms with van der Waals surface area (Å²) in [4.78, 5) is 38.2. The van der Waals surface area contributed by atoms with Gasteiger partial charge >= 0.3 is 0 Å². The summed E-state index contributed by atoms with van der Waals surface area (Å²) in [6.45, 7) is 9.26. The number of halogens is 4. The molecule has 2 radical (unpaired) electrons. The number of likely N-dealkylation sites (tertiary alicyclic amines) is 1. The second kappa shape index (κ2) is 16.6. The van der Waals surface area contributed by atoms with E-state index in [1.165, 1.54) is 6.82 Å². The Morgan fingerprint density at radius 3 is 2.37 bits per heavy atom. The SMILES string of the molecule is CC.CC.CN1CCCC(F)(F)C(n2cc(C(=O)NCc3ccc(F)cc3F)c(=O)c(O)c2C=O)C1.[B]C. The lowest BCUT2D eigenvalue weighted by molar-refractivity contribution is -0.0567. The van der Waals surface area contributed by atoms with Crippen LogP contribution in [-0.2, 0) is 6.54 Å². The summed E-state index contributed by atoms with van der Waals surface area (Å²) in [5.74, 6) is -7.24. The van der Waals surface area contributed by atoms with Crippen LogP contribution in [0.4, 0.5) is 17.6 Å². The number of pyridine rings is 1. The van der Waals surface area contributed by atoms with Crippen LogP contribution in [0, 0.1) is 11.6 Å². The summed E-state index contributed by atoms with van der Waals surface area (Å²) < 4.78 is 57.2. The van der Waals surface area contributed by atoms with Crippen molar-refractivity contribution in [1.82, 2.24) is 14.8 Å². The minimum absolute atomic E-state index is 0.0767. The van der Waals surface area contributed by atoms with E-state index < -0.39 is 64.9 Å². The normalized spacial score (nSPS) is 16.2. The van der Waals surface area contributed by atoms with Gasteiger partial charge in [-0.1, -0.05) is 40.6 Å². The molecule has 2 aromatic rings. The van der Waals surface area contributed by atoms with E-state index in [-0.39, 0.29) is 24.8 Å². The monoisotopic (exact) mass is 541 g/mol. The molecule has 2 heterocycles. The maximum Gasteiger partial charge on any atom is 0.269 e. The molecular formula is C26H36BF4N3O4. The van der Waals surface area contributed by atoms with Crippen LogP contribution in [0.2, 0.25) is 6.82 Å². The highest BCUT2D eigenvalue weighted by Gasteiger charge is 2.43. The molecule has 1 aliphatic rings. The Morgan fingerprint density at radius 2 is 1.82 bits per heavy atom. The Hall–Kier alpha value is -3.15. The summed E-state index contributed by atoms with van der Waals surface area (Å²) in [5, 5.41) is 12.4. The van der Waals surface area contributed by atoms with Crippen LogP contribution in [0.15, 0.2) is 29.2 Å². The first-order chi connectivity index (χ1) is 18.0. The predicted octanol–water partition coefficient (Wildman–Crippen LogP) is 4.73. The van der Waals surface area contributed by atoms with Gasteiger partial charge in [-0.15, -0.1) is 0 Å². The number of hydrogen-bond acceptors (Lipinski definition) is 5. The molecule has 1 aliphatic heterocycles. The lowest BCUT2D eigenvalue weighted by atomic mass is 10.0. The number of nitrogens with zero attached hydrogens (tertiary/aromatic N) is 2. The van der Waals surface area contributed by atoms with Crippen molar-refractivity contribution in [1.29, 1.82) is 0 Å². The molecule has 12 heteroatoms. The highest BCUT2D eigenvalue weighted by atomic mass is 19.3. The molecule has 0 aliphatic carbocycles. The number of aromatic nitrogens is 1. The van der Waals surface area contributed by atoms with E-state index in [2.05, 4.69) is 13.2 Å². The van der Waals surface area contributed by atoms with Gasteiger partial charge in [-0.3, -0.25) is 14.4 Å². The third kappa shape index (κ3) is 8.71. The maximum atomic E-state index is 14.8. The number of hydrogen-bond donors (Lipinski definition) is 2. The number of rotatable bonds is 5. The topological polar surface area (TPSA) is 91.6 Å². The molecule has 38 heavy (non-hydrogen) atoms. The molecule has 1 fully saturated rings. The van der Waals surface area contributed by atoms with Crippen molar-refractivity contribution in [3.05, 3.63) is 63.1 Å². The average molecular weight is 541 g/mol. The van der Waals surface area contributed by atoms with Crippen LogP contribution < -0.4 is 10.7 Å². The Balaban J connectivity index is 0.00000213. The first-order valence-electron chi connectivity index (χ1n) is 12.3. The largest absolute Gasteiger partial charge is 0.503 e.